The predicted octanol–water partition coefficient (Wildman–Crippen LogP) is 3.54. The summed E-state index contributed by atoms with van der Waals surface area (Å²) >= 11 is 0. The van der Waals surface area contributed by atoms with Gasteiger partial charge in [0, 0.05) is 6.20 Å². The molecule has 156 valence electrons. The smallest absolute Gasteiger partial charge is 0.261 e. The second-order valence-electron chi connectivity index (χ2n) is 6.75. The molecule has 1 N–H and O–H groups in total. The highest BCUT2D eigenvalue weighted by atomic mass is 16.5. The predicted molar refractivity (Wildman–Crippen MR) is 117 cm³/mol. The van der Waals surface area contributed by atoms with Gasteiger partial charge in [-0.15, -0.1) is 0 Å². The SMILES string of the molecule is COc1ccc(Oc2ncccc2NC(=O)Cn2c(C)nc3ccccc3c2=O)cc1. The standard InChI is InChI=1S/C23H20N4O4/c1-15-25-19-7-4-3-6-18(19)23(29)27(15)14-21(28)26-20-8-5-13-24-22(20)31-17-11-9-16(30-2)10-12-17/h3-13H,14H2,1-2H3,(H,26,28). The van der Waals surface area contributed by atoms with Crippen LogP contribution in [0.3, 0.4) is 0 Å². The van der Waals surface area contributed by atoms with Crippen molar-refractivity contribution in [2.45, 2.75) is 13.5 Å². The third-order valence-corrected chi connectivity index (χ3v) is 4.67. The summed E-state index contributed by atoms with van der Waals surface area (Å²) in [6.07, 6.45) is 1.57. The Morgan fingerprint density at radius 2 is 1.77 bits per heavy atom. The normalized spacial score (nSPS) is 10.6. The Bertz CT molecular complexity index is 1300. The van der Waals surface area contributed by atoms with Gasteiger partial charge in [0.2, 0.25) is 11.8 Å². The second-order valence-corrected chi connectivity index (χ2v) is 6.75. The Morgan fingerprint density at radius 3 is 2.55 bits per heavy atom. The molecule has 8 nitrogen and oxygen atoms in total. The number of aromatic nitrogens is 3. The van der Waals surface area contributed by atoms with Crippen LogP contribution in [0.5, 0.6) is 17.4 Å². The zero-order valence-electron chi connectivity index (χ0n) is 17.0. The maximum Gasteiger partial charge on any atom is 0.261 e. The van der Waals surface area contributed by atoms with Crippen LogP contribution in [0.1, 0.15) is 5.82 Å². The molecule has 0 spiro atoms. The van der Waals surface area contributed by atoms with E-state index in [9.17, 15) is 9.59 Å². The number of hydrogen-bond acceptors (Lipinski definition) is 6. The van der Waals surface area contributed by atoms with Gasteiger partial charge in [-0.2, -0.15) is 0 Å². The van der Waals surface area contributed by atoms with Crippen LogP contribution in [0.4, 0.5) is 5.69 Å². The number of anilines is 1. The highest BCUT2D eigenvalue weighted by Crippen LogP contribution is 2.28. The number of amides is 1. The first-order chi connectivity index (χ1) is 15.0. The van der Waals surface area contributed by atoms with Crippen LogP contribution in [-0.4, -0.2) is 27.6 Å². The van der Waals surface area contributed by atoms with E-state index in [1.54, 1.807) is 74.8 Å². The molecule has 0 radical (unpaired) electrons. The minimum atomic E-state index is -0.394. The first-order valence-electron chi connectivity index (χ1n) is 9.58. The van der Waals surface area contributed by atoms with Crippen molar-refractivity contribution in [3.05, 3.63) is 83.0 Å². The van der Waals surface area contributed by atoms with E-state index in [4.69, 9.17) is 9.47 Å². The molecule has 4 aromatic rings. The molecule has 0 saturated carbocycles. The van der Waals surface area contributed by atoms with Gasteiger partial charge in [0.1, 0.15) is 29.6 Å². The number of carbonyl (C=O) groups is 1. The van der Waals surface area contributed by atoms with Gasteiger partial charge in [-0.3, -0.25) is 14.2 Å². The van der Waals surface area contributed by atoms with Crippen molar-refractivity contribution in [1.82, 2.24) is 14.5 Å². The van der Waals surface area contributed by atoms with Gasteiger partial charge in [-0.05, 0) is 55.5 Å². The largest absolute Gasteiger partial charge is 0.497 e. The molecular formula is C23H20N4O4. The van der Waals surface area contributed by atoms with Gasteiger partial charge in [0.15, 0.2) is 0 Å². The molecule has 0 fully saturated rings. The first-order valence-corrected chi connectivity index (χ1v) is 9.58. The molecule has 0 unspecified atom stereocenters. The van der Waals surface area contributed by atoms with Crippen molar-refractivity contribution in [1.29, 1.82) is 0 Å². The zero-order valence-corrected chi connectivity index (χ0v) is 17.0. The summed E-state index contributed by atoms with van der Waals surface area (Å²) in [5.41, 5.74) is 0.728. The molecule has 0 aliphatic carbocycles. The molecule has 2 aromatic carbocycles. The Balaban J connectivity index is 1.54. The van der Waals surface area contributed by atoms with E-state index >= 15 is 0 Å². The summed E-state index contributed by atoms with van der Waals surface area (Å²) in [7, 11) is 1.58. The number of rotatable bonds is 6. The van der Waals surface area contributed by atoms with E-state index < -0.39 is 5.91 Å². The summed E-state index contributed by atoms with van der Waals surface area (Å²) < 4.78 is 12.3. The third-order valence-electron chi connectivity index (χ3n) is 4.67. The van der Waals surface area contributed by atoms with Gasteiger partial charge in [0.05, 0.1) is 18.0 Å². The number of pyridine rings is 1. The lowest BCUT2D eigenvalue weighted by Gasteiger charge is -2.13. The van der Waals surface area contributed by atoms with Crippen molar-refractivity contribution >= 4 is 22.5 Å². The van der Waals surface area contributed by atoms with Crippen LogP contribution in [0.25, 0.3) is 10.9 Å². The molecule has 0 saturated heterocycles. The van der Waals surface area contributed by atoms with E-state index in [0.717, 1.165) is 0 Å². The van der Waals surface area contributed by atoms with Crippen LogP contribution < -0.4 is 20.3 Å². The number of nitrogens with zero attached hydrogens (tertiary/aromatic N) is 3. The summed E-state index contributed by atoms with van der Waals surface area (Å²) in [4.78, 5) is 34.1. The highest BCUT2D eigenvalue weighted by Gasteiger charge is 2.14. The maximum atomic E-state index is 12.8. The summed E-state index contributed by atoms with van der Waals surface area (Å²) in [5, 5.41) is 3.23. The van der Waals surface area contributed by atoms with Crippen LogP contribution in [0.2, 0.25) is 0 Å². The molecule has 31 heavy (non-hydrogen) atoms. The molecule has 0 aliphatic heterocycles. The van der Waals surface area contributed by atoms with Gasteiger partial charge in [-0.25, -0.2) is 9.97 Å². The van der Waals surface area contributed by atoms with E-state index in [1.165, 1.54) is 4.57 Å². The average Bonchev–Trinajstić information content (AvgIpc) is 2.78. The van der Waals surface area contributed by atoms with Crippen molar-refractivity contribution in [3.63, 3.8) is 0 Å². The summed E-state index contributed by atoms with van der Waals surface area (Å²) in [6, 6.07) is 17.4. The molecule has 8 heteroatoms. The van der Waals surface area contributed by atoms with Crippen LogP contribution in [-0.2, 0) is 11.3 Å². The second kappa shape index (κ2) is 8.66. The first kappa shape index (κ1) is 20.1. The van der Waals surface area contributed by atoms with Crippen LogP contribution >= 0.6 is 0 Å². The fourth-order valence-electron chi connectivity index (χ4n) is 3.12. The fraction of sp³-hybridized carbons (Fsp3) is 0.130. The Labute approximate surface area is 178 Å². The van der Waals surface area contributed by atoms with Gasteiger partial charge >= 0.3 is 0 Å². The quantitative estimate of drug-likeness (QED) is 0.517. The van der Waals surface area contributed by atoms with Crippen LogP contribution in [0.15, 0.2) is 71.7 Å². The number of fused-ring (bicyclic) bond motifs is 1. The van der Waals surface area contributed by atoms with Crippen molar-refractivity contribution in [2.24, 2.45) is 0 Å². The minimum absolute atomic E-state index is 0.181. The third kappa shape index (κ3) is 4.37. The van der Waals surface area contributed by atoms with Crippen molar-refractivity contribution in [3.8, 4) is 17.4 Å². The number of hydrogen-bond donors (Lipinski definition) is 1. The molecule has 2 heterocycles. The van der Waals surface area contributed by atoms with Gasteiger partial charge in [0.25, 0.3) is 5.56 Å². The Kier molecular flexibility index (Phi) is 5.61. The highest BCUT2D eigenvalue weighted by molar-refractivity contribution is 5.92. The lowest BCUT2D eigenvalue weighted by Crippen LogP contribution is -2.30. The number of carbonyl (C=O) groups excluding carboxylic acids is 1. The zero-order chi connectivity index (χ0) is 21.8. The molecule has 0 aliphatic rings. The lowest BCUT2D eigenvalue weighted by atomic mass is 10.2. The average molecular weight is 416 g/mol. The van der Waals surface area contributed by atoms with Crippen molar-refractivity contribution in [2.75, 3.05) is 12.4 Å². The van der Waals surface area contributed by atoms with Crippen molar-refractivity contribution < 1.29 is 14.3 Å². The van der Waals surface area contributed by atoms with Crippen LogP contribution in [0, 0.1) is 6.92 Å². The van der Waals surface area contributed by atoms with E-state index in [-0.39, 0.29) is 18.0 Å². The topological polar surface area (TPSA) is 95.3 Å². The molecule has 1 amide bonds. The number of aryl methyl sites for hydroxylation is 1. The molecule has 2 aromatic heterocycles. The van der Waals surface area contributed by atoms with E-state index in [2.05, 4.69) is 15.3 Å². The molecule has 0 atom stereocenters. The monoisotopic (exact) mass is 416 g/mol. The molecular weight excluding hydrogens is 396 g/mol. The minimum Gasteiger partial charge on any atom is -0.497 e. The number of para-hydroxylation sites is 1. The van der Waals surface area contributed by atoms with Gasteiger partial charge < -0.3 is 14.8 Å². The molecule has 4 rings (SSSR count). The van der Waals surface area contributed by atoms with E-state index in [1.807, 2.05) is 6.07 Å². The Hall–Kier alpha value is -4.20. The summed E-state index contributed by atoms with van der Waals surface area (Å²) in [6.45, 7) is 1.52. The number of nitrogens with one attached hydrogen (secondary N) is 1. The number of ether oxygens (including phenoxy) is 2. The summed E-state index contributed by atoms with van der Waals surface area (Å²) in [5.74, 6) is 1.55. The van der Waals surface area contributed by atoms with Gasteiger partial charge in [-0.1, -0.05) is 12.1 Å². The fourth-order valence-corrected chi connectivity index (χ4v) is 3.12. The number of benzene rings is 2. The lowest BCUT2D eigenvalue weighted by molar-refractivity contribution is -0.116. The Morgan fingerprint density at radius 1 is 1.03 bits per heavy atom. The van der Waals surface area contributed by atoms with E-state index in [0.29, 0.717) is 33.9 Å². The molecule has 0 bridgehead atoms. The maximum absolute atomic E-state index is 12.8. The number of methoxy groups -OCH3 is 1.